The second-order valence-electron chi connectivity index (χ2n) is 5.98. The van der Waals surface area contributed by atoms with Gasteiger partial charge in [-0.2, -0.15) is 5.26 Å². The highest BCUT2D eigenvalue weighted by molar-refractivity contribution is 5.79. The van der Waals surface area contributed by atoms with Crippen molar-refractivity contribution in [2.45, 2.75) is 38.3 Å². The summed E-state index contributed by atoms with van der Waals surface area (Å²) in [4.78, 5) is 18.4. The summed E-state index contributed by atoms with van der Waals surface area (Å²) in [5.74, 6) is 0.182. The van der Waals surface area contributed by atoms with E-state index in [4.69, 9.17) is 0 Å². The van der Waals surface area contributed by atoms with Gasteiger partial charge in [0.2, 0.25) is 5.91 Å². The SMILES string of the molecule is C[C@@H](c1ccccn1)N(C)CC(=O)N[C@](C)(C#N)C1CC1. The van der Waals surface area contributed by atoms with Crippen molar-refractivity contribution in [1.29, 1.82) is 5.26 Å². The standard InChI is InChI=1S/C16H22N4O/c1-12(14-6-4-5-9-18-14)20(3)10-15(21)19-16(2,11-17)13-7-8-13/h4-6,9,12-13H,7-8,10H2,1-3H3,(H,19,21)/t12-,16+/m0/s1. The molecule has 0 saturated heterocycles. The molecule has 1 saturated carbocycles. The van der Waals surface area contributed by atoms with Gasteiger partial charge in [-0.25, -0.2) is 0 Å². The predicted octanol–water partition coefficient (Wildman–Crippen LogP) is 1.88. The Morgan fingerprint density at radius 2 is 2.33 bits per heavy atom. The molecule has 2 rings (SSSR count). The van der Waals surface area contributed by atoms with E-state index in [1.807, 2.05) is 44.0 Å². The van der Waals surface area contributed by atoms with Gasteiger partial charge >= 0.3 is 0 Å². The second-order valence-corrected chi connectivity index (χ2v) is 5.98. The van der Waals surface area contributed by atoms with Crippen LogP contribution in [0.5, 0.6) is 0 Å². The highest BCUT2D eigenvalue weighted by Crippen LogP contribution is 2.39. The van der Waals surface area contributed by atoms with Crippen LogP contribution in [0.1, 0.15) is 38.4 Å². The number of likely N-dealkylation sites (N-methyl/N-ethyl adjacent to an activating group) is 1. The van der Waals surface area contributed by atoms with Crippen LogP contribution in [0.25, 0.3) is 0 Å². The number of aromatic nitrogens is 1. The van der Waals surface area contributed by atoms with Crippen LogP contribution in [-0.2, 0) is 4.79 Å². The summed E-state index contributed by atoms with van der Waals surface area (Å²) in [5, 5.41) is 12.2. The van der Waals surface area contributed by atoms with Crippen molar-refractivity contribution < 1.29 is 4.79 Å². The maximum absolute atomic E-state index is 12.2. The minimum Gasteiger partial charge on any atom is -0.337 e. The van der Waals surface area contributed by atoms with Crippen molar-refractivity contribution >= 4 is 5.91 Å². The summed E-state index contributed by atoms with van der Waals surface area (Å²) in [6, 6.07) is 8.05. The Labute approximate surface area is 126 Å². The molecule has 1 fully saturated rings. The van der Waals surface area contributed by atoms with Crippen molar-refractivity contribution in [3.8, 4) is 6.07 Å². The van der Waals surface area contributed by atoms with Gasteiger partial charge in [0.25, 0.3) is 0 Å². The summed E-state index contributed by atoms with van der Waals surface area (Å²) in [6.07, 6.45) is 3.79. The Bertz CT molecular complexity index is 535. The molecule has 1 N–H and O–H groups in total. The number of amides is 1. The van der Waals surface area contributed by atoms with Crippen LogP contribution in [0, 0.1) is 17.2 Å². The Balaban J connectivity index is 1.92. The van der Waals surface area contributed by atoms with Crippen LogP contribution < -0.4 is 5.32 Å². The van der Waals surface area contributed by atoms with Crippen LogP contribution in [0.2, 0.25) is 0 Å². The molecule has 1 aromatic heterocycles. The highest BCUT2D eigenvalue weighted by atomic mass is 16.2. The largest absolute Gasteiger partial charge is 0.337 e. The molecule has 5 heteroatoms. The number of pyridine rings is 1. The van der Waals surface area contributed by atoms with Crippen LogP contribution in [0.4, 0.5) is 0 Å². The van der Waals surface area contributed by atoms with E-state index in [1.165, 1.54) is 0 Å². The quantitative estimate of drug-likeness (QED) is 0.867. The summed E-state index contributed by atoms with van der Waals surface area (Å²) in [6.45, 7) is 4.08. The number of carbonyl (C=O) groups is 1. The first kappa shape index (κ1) is 15.5. The Morgan fingerprint density at radius 1 is 1.62 bits per heavy atom. The number of nitriles is 1. The molecule has 112 valence electrons. The molecule has 21 heavy (non-hydrogen) atoms. The summed E-state index contributed by atoms with van der Waals surface area (Å²) >= 11 is 0. The average molecular weight is 286 g/mol. The molecule has 0 aliphatic heterocycles. The Kier molecular flexibility index (Phi) is 4.59. The summed E-state index contributed by atoms with van der Waals surface area (Å²) in [5.41, 5.74) is 0.199. The number of hydrogen-bond donors (Lipinski definition) is 1. The van der Waals surface area contributed by atoms with Gasteiger partial charge in [0.05, 0.1) is 18.3 Å². The monoisotopic (exact) mass is 286 g/mol. The van der Waals surface area contributed by atoms with Gasteiger partial charge in [-0.05, 0) is 51.8 Å². The van der Waals surface area contributed by atoms with E-state index in [0.29, 0.717) is 5.92 Å². The molecule has 0 spiro atoms. The molecule has 2 atom stereocenters. The predicted molar refractivity (Wildman–Crippen MR) is 80.2 cm³/mol. The van der Waals surface area contributed by atoms with E-state index in [1.54, 1.807) is 6.20 Å². The molecule has 0 unspecified atom stereocenters. The number of nitrogens with zero attached hydrogens (tertiary/aromatic N) is 3. The molecule has 1 aliphatic rings. The van der Waals surface area contributed by atoms with Crippen molar-refractivity contribution in [3.63, 3.8) is 0 Å². The molecule has 1 aromatic rings. The molecular weight excluding hydrogens is 264 g/mol. The third kappa shape index (κ3) is 3.79. The first-order chi connectivity index (χ1) is 9.96. The third-order valence-electron chi connectivity index (χ3n) is 4.20. The molecule has 0 bridgehead atoms. The van der Waals surface area contributed by atoms with E-state index < -0.39 is 5.54 Å². The number of rotatable bonds is 6. The maximum atomic E-state index is 12.2. The number of carbonyl (C=O) groups excluding carboxylic acids is 1. The van der Waals surface area contributed by atoms with Crippen molar-refractivity contribution in [3.05, 3.63) is 30.1 Å². The Morgan fingerprint density at radius 3 is 2.86 bits per heavy atom. The lowest BCUT2D eigenvalue weighted by atomic mass is 9.98. The first-order valence-electron chi connectivity index (χ1n) is 7.29. The van der Waals surface area contributed by atoms with E-state index in [-0.39, 0.29) is 18.5 Å². The fourth-order valence-electron chi connectivity index (χ4n) is 2.42. The minimum absolute atomic E-state index is 0.0474. The van der Waals surface area contributed by atoms with Gasteiger partial charge in [0, 0.05) is 12.2 Å². The van der Waals surface area contributed by atoms with Gasteiger partial charge < -0.3 is 5.32 Å². The van der Waals surface area contributed by atoms with E-state index in [2.05, 4.69) is 16.4 Å². The number of hydrogen-bond acceptors (Lipinski definition) is 4. The highest BCUT2D eigenvalue weighted by Gasteiger charge is 2.43. The van der Waals surface area contributed by atoms with Crippen LogP contribution >= 0.6 is 0 Å². The van der Waals surface area contributed by atoms with E-state index >= 15 is 0 Å². The van der Waals surface area contributed by atoms with E-state index in [0.717, 1.165) is 18.5 Å². The maximum Gasteiger partial charge on any atom is 0.235 e. The lowest BCUT2D eigenvalue weighted by molar-refractivity contribution is -0.123. The first-order valence-corrected chi connectivity index (χ1v) is 7.29. The van der Waals surface area contributed by atoms with Gasteiger partial charge in [0.15, 0.2) is 0 Å². The van der Waals surface area contributed by atoms with Crippen molar-refractivity contribution in [2.24, 2.45) is 5.92 Å². The lowest BCUT2D eigenvalue weighted by Gasteiger charge is -2.27. The zero-order chi connectivity index (χ0) is 15.5. The third-order valence-corrected chi connectivity index (χ3v) is 4.20. The molecular formula is C16H22N4O. The van der Waals surface area contributed by atoms with Gasteiger partial charge in [-0.3, -0.25) is 14.7 Å². The van der Waals surface area contributed by atoms with Crippen molar-refractivity contribution in [2.75, 3.05) is 13.6 Å². The van der Waals surface area contributed by atoms with Gasteiger partial charge in [-0.15, -0.1) is 0 Å². The van der Waals surface area contributed by atoms with Gasteiger partial charge in [-0.1, -0.05) is 6.07 Å². The van der Waals surface area contributed by atoms with Crippen LogP contribution in [-0.4, -0.2) is 34.9 Å². The average Bonchev–Trinajstić information content (AvgIpc) is 3.32. The van der Waals surface area contributed by atoms with E-state index in [9.17, 15) is 10.1 Å². The smallest absolute Gasteiger partial charge is 0.235 e. The van der Waals surface area contributed by atoms with Crippen LogP contribution in [0.3, 0.4) is 0 Å². The molecule has 1 aliphatic carbocycles. The minimum atomic E-state index is -0.730. The van der Waals surface area contributed by atoms with Crippen LogP contribution in [0.15, 0.2) is 24.4 Å². The molecule has 0 aromatic carbocycles. The number of nitrogens with one attached hydrogen (secondary N) is 1. The normalized spacial score (nSPS) is 18.6. The molecule has 1 amide bonds. The summed E-state index contributed by atoms with van der Waals surface area (Å²) in [7, 11) is 1.89. The topological polar surface area (TPSA) is 69.0 Å². The fourth-order valence-corrected chi connectivity index (χ4v) is 2.42. The zero-order valence-corrected chi connectivity index (χ0v) is 12.8. The summed E-state index contributed by atoms with van der Waals surface area (Å²) < 4.78 is 0. The fraction of sp³-hybridized carbons (Fsp3) is 0.562. The van der Waals surface area contributed by atoms with Crippen molar-refractivity contribution in [1.82, 2.24) is 15.2 Å². The molecule has 1 heterocycles. The molecule has 5 nitrogen and oxygen atoms in total. The second kappa shape index (κ2) is 6.23. The van der Waals surface area contributed by atoms with Gasteiger partial charge in [0.1, 0.15) is 5.54 Å². The zero-order valence-electron chi connectivity index (χ0n) is 12.8. The Hall–Kier alpha value is -1.93. The lowest BCUT2D eigenvalue weighted by Crippen LogP contribution is -2.50. The molecule has 0 radical (unpaired) electrons.